The van der Waals surface area contributed by atoms with Crippen LogP contribution in [-0.4, -0.2) is 13.0 Å². The van der Waals surface area contributed by atoms with E-state index in [1.54, 1.807) is 6.07 Å². The fraction of sp³-hybridized carbons (Fsp3) is 0. The zero-order valence-electron chi connectivity index (χ0n) is 6.89. The van der Waals surface area contributed by atoms with E-state index in [1.807, 2.05) is 0 Å². The van der Waals surface area contributed by atoms with Crippen LogP contribution >= 0.6 is 0 Å². The van der Waals surface area contributed by atoms with Gasteiger partial charge in [0.15, 0.2) is 0 Å². The summed E-state index contributed by atoms with van der Waals surface area (Å²) in [4.78, 5) is -0.374. The van der Waals surface area contributed by atoms with Crippen molar-refractivity contribution in [3.8, 4) is 6.07 Å². The van der Waals surface area contributed by atoms with Crippen LogP contribution in [0.25, 0.3) is 0 Å². The largest absolute Gasteiger partial charge is 1.00 e. The van der Waals surface area contributed by atoms with E-state index in [4.69, 9.17) is 5.26 Å². The normalized spacial score (nSPS) is 9.85. The van der Waals surface area contributed by atoms with E-state index in [0.29, 0.717) is 0 Å². The van der Waals surface area contributed by atoms with Crippen molar-refractivity contribution >= 4 is 10.1 Å². The minimum absolute atomic E-state index is 0. The molecule has 1 rings (SSSR count). The van der Waals surface area contributed by atoms with Gasteiger partial charge in [-0.1, -0.05) is 6.07 Å². The molecule has 13 heavy (non-hydrogen) atoms. The Hall–Kier alpha value is -0.380. The Morgan fingerprint density at radius 1 is 1.38 bits per heavy atom. The van der Waals surface area contributed by atoms with Gasteiger partial charge in [0.05, 0.1) is 16.5 Å². The van der Waals surface area contributed by atoms with Crippen molar-refractivity contribution in [1.29, 1.82) is 5.26 Å². The van der Waals surface area contributed by atoms with Crippen LogP contribution in [0.3, 0.4) is 0 Å². The third-order valence-corrected chi connectivity index (χ3v) is 2.08. The first-order valence-electron chi connectivity index (χ1n) is 3.00. The summed E-state index contributed by atoms with van der Waals surface area (Å²) in [6.45, 7) is 0. The van der Waals surface area contributed by atoms with Crippen molar-refractivity contribution < 1.29 is 42.5 Å². The molecule has 0 aliphatic heterocycles. The van der Waals surface area contributed by atoms with E-state index >= 15 is 0 Å². The predicted octanol–water partition coefficient (Wildman–Crippen LogP) is -2.53. The van der Waals surface area contributed by atoms with Crippen LogP contribution in [0.15, 0.2) is 29.2 Å². The summed E-state index contributed by atoms with van der Waals surface area (Å²) >= 11 is 0. The fourth-order valence-electron chi connectivity index (χ4n) is 0.721. The van der Waals surface area contributed by atoms with Gasteiger partial charge in [-0.25, -0.2) is 8.42 Å². The van der Waals surface area contributed by atoms with E-state index in [9.17, 15) is 13.0 Å². The van der Waals surface area contributed by atoms with Crippen LogP contribution in [0, 0.1) is 11.3 Å². The first-order valence-corrected chi connectivity index (χ1v) is 4.41. The van der Waals surface area contributed by atoms with Crippen LogP contribution in [0.1, 0.15) is 5.56 Å². The van der Waals surface area contributed by atoms with Crippen molar-refractivity contribution in [1.82, 2.24) is 0 Å². The van der Waals surface area contributed by atoms with Crippen LogP contribution < -0.4 is 29.6 Å². The Kier molecular flexibility index (Phi) is 4.61. The number of nitriles is 1. The molecule has 1 aromatic carbocycles. The zero-order valence-corrected chi connectivity index (χ0v) is 9.71. The van der Waals surface area contributed by atoms with Gasteiger partial charge in [0, 0.05) is 0 Å². The standard InChI is InChI=1S/C7H5NO3S.Na/c8-5-6-2-1-3-7(4-6)12(9,10)11;/h1-4H,(H,9,10,11);/q;+1/p-1. The Morgan fingerprint density at radius 3 is 2.46 bits per heavy atom. The summed E-state index contributed by atoms with van der Waals surface area (Å²) in [7, 11) is -4.44. The van der Waals surface area contributed by atoms with Gasteiger partial charge in [0.1, 0.15) is 10.1 Å². The van der Waals surface area contributed by atoms with Gasteiger partial charge in [0.25, 0.3) is 0 Å². The number of benzene rings is 1. The second-order valence-electron chi connectivity index (χ2n) is 2.09. The van der Waals surface area contributed by atoms with Gasteiger partial charge in [-0.05, 0) is 18.2 Å². The Morgan fingerprint density at radius 2 is 2.00 bits per heavy atom. The first-order chi connectivity index (χ1) is 5.54. The molecule has 0 aromatic heterocycles. The van der Waals surface area contributed by atoms with Crippen LogP contribution in [-0.2, 0) is 10.1 Å². The number of rotatable bonds is 1. The molecular weight excluding hydrogens is 201 g/mol. The molecule has 0 saturated carbocycles. The minimum atomic E-state index is -4.44. The molecular formula is C7H4NNaO3S. The molecule has 0 spiro atoms. The summed E-state index contributed by atoms with van der Waals surface area (Å²) in [5.74, 6) is 0. The molecule has 62 valence electrons. The van der Waals surface area contributed by atoms with Crippen LogP contribution in [0.4, 0.5) is 0 Å². The smallest absolute Gasteiger partial charge is 0.744 e. The maximum Gasteiger partial charge on any atom is 1.00 e. The van der Waals surface area contributed by atoms with Gasteiger partial charge in [0.2, 0.25) is 0 Å². The molecule has 6 heteroatoms. The Bertz CT molecular complexity index is 435. The molecule has 0 fully saturated rings. The molecule has 0 N–H and O–H groups in total. The molecule has 0 aliphatic carbocycles. The summed E-state index contributed by atoms with van der Waals surface area (Å²) in [6.07, 6.45) is 0. The molecule has 4 nitrogen and oxygen atoms in total. The van der Waals surface area contributed by atoms with E-state index in [2.05, 4.69) is 0 Å². The molecule has 0 unspecified atom stereocenters. The van der Waals surface area contributed by atoms with E-state index < -0.39 is 10.1 Å². The summed E-state index contributed by atoms with van der Waals surface area (Å²) < 4.78 is 31.3. The van der Waals surface area contributed by atoms with Crippen molar-refractivity contribution in [2.24, 2.45) is 0 Å². The Balaban J connectivity index is 0.00000144. The molecule has 0 aliphatic rings. The van der Waals surface area contributed by atoms with Gasteiger partial charge < -0.3 is 4.55 Å². The average molecular weight is 205 g/mol. The molecule has 0 amide bonds. The minimum Gasteiger partial charge on any atom is -0.744 e. The summed E-state index contributed by atoms with van der Waals surface area (Å²) in [6, 6.07) is 6.71. The van der Waals surface area contributed by atoms with Crippen molar-refractivity contribution in [3.63, 3.8) is 0 Å². The van der Waals surface area contributed by atoms with Gasteiger partial charge in [-0.3, -0.25) is 0 Å². The fourth-order valence-corrected chi connectivity index (χ4v) is 1.24. The SMILES string of the molecule is N#Cc1cccc(S(=O)(=O)[O-])c1.[Na+]. The van der Waals surface area contributed by atoms with Crippen molar-refractivity contribution in [2.75, 3.05) is 0 Å². The zero-order chi connectivity index (χ0) is 9.19. The van der Waals surface area contributed by atoms with Crippen molar-refractivity contribution in [3.05, 3.63) is 29.8 Å². The molecule has 0 atom stereocenters. The second kappa shape index (κ2) is 4.74. The predicted molar refractivity (Wildman–Crippen MR) is 39.1 cm³/mol. The first kappa shape index (κ1) is 12.6. The maximum absolute atomic E-state index is 10.4. The molecule has 0 radical (unpaired) electrons. The molecule has 0 bridgehead atoms. The number of hydrogen-bond donors (Lipinski definition) is 0. The summed E-state index contributed by atoms with van der Waals surface area (Å²) in [5.41, 5.74) is 0.159. The van der Waals surface area contributed by atoms with Gasteiger partial charge >= 0.3 is 29.6 Å². The Labute approximate surface area is 98.2 Å². The third kappa shape index (κ3) is 3.46. The average Bonchev–Trinajstić information content (AvgIpc) is 2.03. The monoisotopic (exact) mass is 205 g/mol. The van der Waals surface area contributed by atoms with E-state index in [-0.39, 0.29) is 40.0 Å². The van der Waals surface area contributed by atoms with E-state index in [0.717, 1.165) is 12.1 Å². The third-order valence-electron chi connectivity index (χ3n) is 1.25. The van der Waals surface area contributed by atoms with Crippen LogP contribution in [0.2, 0.25) is 0 Å². The molecule has 0 heterocycles. The van der Waals surface area contributed by atoms with Gasteiger partial charge in [-0.15, -0.1) is 0 Å². The van der Waals surface area contributed by atoms with E-state index in [1.165, 1.54) is 12.1 Å². The molecule has 0 saturated heterocycles. The quantitative estimate of drug-likeness (QED) is 0.374. The maximum atomic E-state index is 10.4. The topological polar surface area (TPSA) is 81.0 Å². The number of hydrogen-bond acceptors (Lipinski definition) is 4. The number of nitrogens with zero attached hydrogens (tertiary/aromatic N) is 1. The van der Waals surface area contributed by atoms with Crippen LogP contribution in [0.5, 0.6) is 0 Å². The second-order valence-corrected chi connectivity index (χ2v) is 3.47. The molecule has 1 aromatic rings. The van der Waals surface area contributed by atoms with Gasteiger partial charge in [-0.2, -0.15) is 5.26 Å². The van der Waals surface area contributed by atoms with Crippen molar-refractivity contribution in [2.45, 2.75) is 4.90 Å². The summed E-state index contributed by atoms with van der Waals surface area (Å²) in [5, 5.41) is 8.38.